The number of carbonyl (C=O) groups is 1. The summed E-state index contributed by atoms with van der Waals surface area (Å²) in [4.78, 5) is 18.2. The van der Waals surface area contributed by atoms with Crippen LogP contribution in [0.2, 0.25) is 0 Å². The van der Waals surface area contributed by atoms with Crippen LogP contribution in [0, 0.1) is 6.92 Å². The summed E-state index contributed by atoms with van der Waals surface area (Å²) in [5.74, 6) is -0.0709. The highest BCUT2D eigenvalue weighted by Crippen LogP contribution is 2.17. The maximum absolute atomic E-state index is 12.2. The predicted molar refractivity (Wildman–Crippen MR) is 66.9 cm³/mol. The van der Waals surface area contributed by atoms with Gasteiger partial charge >= 0.3 is 0 Å². The topological polar surface area (TPSA) is 53.4 Å². The molecule has 1 heterocycles. The summed E-state index contributed by atoms with van der Waals surface area (Å²) in [7, 11) is 0. The van der Waals surface area contributed by atoms with Gasteiger partial charge in [0.1, 0.15) is 0 Å². The first kappa shape index (κ1) is 13.6. The molecule has 1 aromatic heterocycles. The monoisotopic (exact) mass is 236 g/mol. The summed E-state index contributed by atoms with van der Waals surface area (Å²) in [6, 6.07) is 3.54. The van der Waals surface area contributed by atoms with Crippen LogP contribution in [0.3, 0.4) is 0 Å². The van der Waals surface area contributed by atoms with Gasteiger partial charge in [-0.3, -0.25) is 9.78 Å². The van der Waals surface area contributed by atoms with Crippen LogP contribution in [0.25, 0.3) is 0 Å². The molecular formula is C13H20N2O2. The first-order valence-electron chi connectivity index (χ1n) is 5.96. The number of nitrogens with zero attached hydrogens (tertiary/aromatic N) is 2. The van der Waals surface area contributed by atoms with Crippen LogP contribution in [0.5, 0.6) is 0 Å². The molecule has 1 unspecified atom stereocenters. The molecule has 0 fully saturated rings. The van der Waals surface area contributed by atoms with Gasteiger partial charge in [-0.05, 0) is 39.8 Å². The van der Waals surface area contributed by atoms with E-state index in [1.807, 2.05) is 20.8 Å². The first-order chi connectivity index (χ1) is 8.01. The second kappa shape index (κ2) is 5.77. The molecule has 0 radical (unpaired) electrons. The van der Waals surface area contributed by atoms with Crippen LogP contribution in [-0.2, 0) is 0 Å². The lowest BCUT2D eigenvalue weighted by molar-refractivity contribution is 0.0765. The summed E-state index contributed by atoms with van der Waals surface area (Å²) in [5, 5.41) is 9.67. The highest BCUT2D eigenvalue weighted by Gasteiger charge is 2.19. The molecule has 4 heteroatoms. The van der Waals surface area contributed by atoms with Crippen molar-refractivity contribution in [1.29, 1.82) is 0 Å². The Balaban J connectivity index is 3.16. The lowest BCUT2D eigenvalue weighted by atomic mass is 10.1. The molecule has 1 N–H and O–H groups in total. The van der Waals surface area contributed by atoms with E-state index in [-0.39, 0.29) is 5.91 Å². The molecule has 94 valence electrons. The van der Waals surface area contributed by atoms with Crippen LogP contribution in [0.15, 0.2) is 12.1 Å². The van der Waals surface area contributed by atoms with E-state index >= 15 is 0 Å². The Labute approximate surface area is 102 Å². The zero-order chi connectivity index (χ0) is 13.0. The van der Waals surface area contributed by atoms with Crippen LogP contribution in [0.1, 0.15) is 48.6 Å². The maximum Gasteiger partial charge on any atom is 0.255 e. The van der Waals surface area contributed by atoms with Gasteiger partial charge in [0.2, 0.25) is 0 Å². The number of rotatable bonds is 4. The average Bonchev–Trinajstić information content (AvgIpc) is 2.30. The third-order valence-corrected chi connectivity index (χ3v) is 2.74. The van der Waals surface area contributed by atoms with Gasteiger partial charge in [-0.25, -0.2) is 0 Å². The molecule has 17 heavy (non-hydrogen) atoms. The molecule has 0 spiro atoms. The van der Waals surface area contributed by atoms with E-state index in [0.717, 1.165) is 5.69 Å². The van der Waals surface area contributed by atoms with E-state index in [9.17, 15) is 9.90 Å². The molecule has 0 aromatic carbocycles. The van der Waals surface area contributed by atoms with Crippen molar-refractivity contribution in [1.82, 2.24) is 9.88 Å². The van der Waals surface area contributed by atoms with Crippen molar-refractivity contribution in [3.05, 3.63) is 29.1 Å². The summed E-state index contributed by atoms with van der Waals surface area (Å²) >= 11 is 0. The fraction of sp³-hybridized carbons (Fsp3) is 0.538. The van der Waals surface area contributed by atoms with Crippen molar-refractivity contribution in [2.24, 2.45) is 0 Å². The molecule has 0 aliphatic rings. The van der Waals surface area contributed by atoms with Crippen molar-refractivity contribution in [2.75, 3.05) is 13.1 Å². The summed E-state index contributed by atoms with van der Waals surface area (Å²) in [6.45, 7) is 8.65. The van der Waals surface area contributed by atoms with Gasteiger partial charge in [-0.2, -0.15) is 0 Å². The number of amides is 1. The van der Waals surface area contributed by atoms with Crippen molar-refractivity contribution in [2.45, 2.75) is 33.8 Å². The second-order valence-electron chi connectivity index (χ2n) is 4.04. The number of hydrogen-bond acceptors (Lipinski definition) is 3. The number of carbonyl (C=O) groups excluding carboxylic acids is 1. The van der Waals surface area contributed by atoms with E-state index in [2.05, 4.69) is 4.98 Å². The van der Waals surface area contributed by atoms with Gasteiger partial charge < -0.3 is 10.0 Å². The average molecular weight is 236 g/mol. The van der Waals surface area contributed by atoms with E-state index in [0.29, 0.717) is 24.3 Å². The fourth-order valence-electron chi connectivity index (χ4n) is 1.76. The van der Waals surface area contributed by atoms with Crippen LogP contribution < -0.4 is 0 Å². The number of aromatic nitrogens is 1. The zero-order valence-electron chi connectivity index (χ0n) is 10.9. The van der Waals surface area contributed by atoms with Crippen LogP contribution >= 0.6 is 0 Å². The normalized spacial score (nSPS) is 12.3. The molecule has 0 bridgehead atoms. The Morgan fingerprint density at radius 3 is 2.47 bits per heavy atom. The number of aliphatic hydroxyl groups excluding tert-OH is 1. The summed E-state index contributed by atoms with van der Waals surface area (Å²) < 4.78 is 0. The number of aryl methyl sites for hydroxylation is 1. The molecule has 0 aliphatic heterocycles. The zero-order valence-corrected chi connectivity index (χ0v) is 10.9. The molecule has 1 rings (SSSR count). The number of hydrogen-bond donors (Lipinski definition) is 1. The third kappa shape index (κ3) is 3.03. The Kier molecular flexibility index (Phi) is 4.63. The van der Waals surface area contributed by atoms with Crippen LogP contribution in [0.4, 0.5) is 0 Å². The summed E-state index contributed by atoms with van der Waals surface area (Å²) in [6.07, 6.45) is -0.732. The van der Waals surface area contributed by atoms with E-state index < -0.39 is 6.10 Å². The van der Waals surface area contributed by atoms with Gasteiger partial charge in [0, 0.05) is 18.8 Å². The molecule has 0 saturated heterocycles. The highest BCUT2D eigenvalue weighted by atomic mass is 16.3. The molecule has 0 aliphatic carbocycles. The van der Waals surface area contributed by atoms with Gasteiger partial charge in [0.15, 0.2) is 0 Å². The summed E-state index contributed by atoms with van der Waals surface area (Å²) in [5.41, 5.74) is 1.76. The van der Waals surface area contributed by atoms with E-state index in [1.54, 1.807) is 24.0 Å². The van der Waals surface area contributed by atoms with Gasteiger partial charge in [0.25, 0.3) is 5.91 Å². The Hall–Kier alpha value is -1.42. The minimum absolute atomic E-state index is 0.0709. The number of aliphatic hydroxyl groups is 1. The molecule has 1 aromatic rings. The smallest absolute Gasteiger partial charge is 0.255 e. The van der Waals surface area contributed by atoms with Crippen molar-refractivity contribution < 1.29 is 9.90 Å². The maximum atomic E-state index is 12.2. The largest absolute Gasteiger partial charge is 0.387 e. The Morgan fingerprint density at radius 1 is 1.41 bits per heavy atom. The van der Waals surface area contributed by atoms with Gasteiger partial charge in [0.05, 0.1) is 17.4 Å². The van der Waals surface area contributed by atoms with Gasteiger partial charge in [-0.15, -0.1) is 0 Å². The fourth-order valence-corrected chi connectivity index (χ4v) is 1.76. The van der Waals surface area contributed by atoms with Crippen molar-refractivity contribution >= 4 is 5.91 Å². The standard InChI is InChI=1S/C13H20N2O2/c1-5-15(6-2)13(17)11-8-7-9(3)14-12(11)10(4)16/h7-8,10,16H,5-6H2,1-4H3. The minimum atomic E-state index is -0.732. The quantitative estimate of drug-likeness (QED) is 0.869. The highest BCUT2D eigenvalue weighted by molar-refractivity contribution is 5.95. The molecular weight excluding hydrogens is 216 g/mol. The molecule has 0 saturated carbocycles. The second-order valence-corrected chi connectivity index (χ2v) is 4.04. The predicted octanol–water partition coefficient (Wildman–Crippen LogP) is 1.93. The molecule has 1 amide bonds. The minimum Gasteiger partial charge on any atom is -0.387 e. The van der Waals surface area contributed by atoms with Crippen molar-refractivity contribution in [3.8, 4) is 0 Å². The molecule has 4 nitrogen and oxygen atoms in total. The Bertz CT molecular complexity index is 398. The van der Waals surface area contributed by atoms with Gasteiger partial charge in [-0.1, -0.05) is 0 Å². The lowest BCUT2D eigenvalue weighted by Gasteiger charge is -2.20. The van der Waals surface area contributed by atoms with Crippen LogP contribution in [-0.4, -0.2) is 34.0 Å². The van der Waals surface area contributed by atoms with E-state index in [4.69, 9.17) is 0 Å². The van der Waals surface area contributed by atoms with E-state index in [1.165, 1.54) is 0 Å². The lowest BCUT2D eigenvalue weighted by Crippen LogP contribution is -2.31. The number of pyridine rings is 1. The first-order valence-corrected chi connectivity index (χ1v) is 5.96. The Morgan fingerprint density at radius 2 is 2.00 bits per heavy atom. The van der Waals surface area contributed by atoms with Crippen molar-refractivity contribution in [3.63, 3.8) is 0 Å². The molecule has 1 atom stereocenters. The third-order valence-electron chi connectivity index (χ3n) is 2.74. The SMILES string of the molecule is CCN(CC)C(=O)c1ccc(C)nc1C(C)O.